The van der Waals surface area contributed by atoms with Crippen LogP contribution in [0.2, 0.25) is 0 Å². The number of rotatable bonds is 4. The predicted octanol–water partition coefficient (Wildman–Crippen LogP) is 3.26. The molecule has 0 bridgehead atoms. The molecule has 0 amide bonds. The van der Waals surface area contributed by atoms with Crippen molar-refractivity contribution in [1.82, 2.24) is 0 Å². The smallest absolute Gasteiger partial charge is 0.302 e. The van der Waals surface area contributed by atoms with Gasteiger partial charge in [-0.3, -0.25) is 0 Å². The molecule has 16 heavy (non-hydrogen) atoms. The molecule has 86 valence electrons. The monoisotopic (exact) mass is 228 g/mol. The summed E-state index contributed by atoms with van der Waals surface area (Å²) >= 11 is 0. The Bertz CT molecular complexity index is 365. The van der Waals surface area contributed by atoms with Gasteiger partial charge in [-0.15, -0.1) is 6.58 Å². The number of allylic oxidation sites excluding steroid dienone is 1. The standard InChI is InChI=1S/C12H11F3O/c1-2-3-9-4-6-10(7-5-9)11(8-16)12(13,14)15/h2,4-8,11H,1,3H2. The highest BCUT2D eigenvalue weighted by atomic mass is 19.4. The van der Waals surface area contributed by atoms with Crippen LogP contribution in [-0.4, -0.2) is 12.5 Å². The average molecular weight is 228 g/mol. The van der Waals surface area contributed by atoms with Crippen molar-refractivity contribution in [1.29, 1.82) is 0 Å². The van der Waals surface area contributed by atoms with Crippen molar-refractivity contribution in [2.24, 2.45) is 0 Å². The first kappa shape index (κ1) is 12.5. The average Bonchev–Trinajstić information content (AvgIpc) is 2.20. The van der Waals surface area contributed by atoms with Gasteiger partial charge in [0.25, 0.3) is 0 Å². The largest absolute Gasteiger partial charge is 0.402 e. The molecule has 1 atom stereocenters. The Labute approximate surface area is 91.6 Å². The number of aldehydes is 1. The van der Waals surface area contributed by atoms with E-state index in [0.29, 0.717) is 6.42 Å². The van der Waals surface area contributed by atoms with Crippen LogP contribution >= 0.6 is 0 Å². The quantitative estimate of drug-likeness (QED) is 0.571. The number of alkyl halides is 3. The third-order valence-corrected chi connectivity index (χ3v) is 2.21. The molecule has 0 aliphatic carbocycles. The number of benzene rings is 1. The molecular weight excluding hydrogens is 217 g/mol. The van der Waals surface area contributed by atoms with Crippen molar-refractivity contribution in [3.63, 3.8) is 0 Å². The Morgan fingerprint density at radius 1 is 1.25 bits per heavy atom. The van der Waals surface area contributed by atoms with Gasteiger partial charge in [0.1, 0.15) is 12.2 Å². The highest BCUT2D eigenvalue weighted by Gasteiger charge is 2.40. The fraction of sp³-hybridized carbons (Fsp3) is 0.250. The number of carbonyl (C=O) groups is 1. The summed E-state index contributed by atoms with van der Waals surface area (Å²) in [5, 5.41) is 0. The van der Waals surface area contributed by atoms with E-state index >= 15 is 0 Å². The lowest BCUT2D eigenvalue weighted by Crippen LogP contribution is -2.21. The van der Waals surface area contributed by atoms with Gasteiger partial charge in [-0.1, -0.05) is 30.3 Å². The van der Waals surface area contributed by atoms with Gasteiger partial charge < -0.3 is 4.79 Å². The molecule has 4 heteroatoms. The minimum atomic E-state index is -4.53. The maximum Gasteiger partial charge on any atom is 0.402 e. The zero-order valence-electron chi connectivity index (χ0n) is 8.50. The molecule has 0 fully saturated rings. The van der Waals surface area contributed by atoms with Crippen molar-refractivity contribution in [3.8, 4) is 0 Å². The molecule has 0 spiro atoms. The second-order valence-electron chi connectivity index (χ2n) is 3.39. The third-order valence-electron chi connectivity index (χ3n) is 2.21. The fourth-order valence-electron chi connectivity index (χ4n) is 1.37. The molecular formula is C12H11F3O. The number of halogens is 3. The van der Waals surface area contributed by atoms with Crippen LogP contribution in [0.5, 0.6) is 0 Å². The summed E-state index contributed by atoms with van der Waals surface area (Å²) in [5.74, 6) is -2.04. The molecule has 1 nitrogen and oxygen atoms in total. The zero-order chi connectivity index (χ0) is 12.2. The summed E-state index contributed by atoms with van der Waals surface area (Å²) in [6.07, 6.45) is -2.35. The molecule has 0 saturated heterocycles. The molecule has 0 aromatic heterocycles. The Morgan fingerprint density at radius 2 is 1.81 bits per heavy atom. The van der Waals surface area contributed by atoms with Crippen molar-refractivity contribution < 1.29 is 18.0 Å². The van der Waals surface area contributed by atoms with Crippen LogP contribution < -0.4 is 0 Å². The fourth-order valence-corrected chi connectivity index (χ4v) is 1.37. The summed E-state index contributed by atoms with van der Waals surface area (Å²) in [6.45, 7) is 3.53. The Kier molecular flexibility index (Phi) is 3.88. The third kappa shape index (κ3) is 2.95. The van der Waals surface area contributed by atoms with Gasteiger partial charge >= 0.3 is 6.18 Å². The van der Waals surface area contributed by atoms with Crippen LogP contribution in [0, 0.1) is 0 Å². The van der Waals surface area contributed by atoms with Crippen LogP contribution in [0.15, 0.2) is 36.9 Å². The molecule has 1 rings (SSSR count). The SMILES string of the molecule is C=CCc1ccc(C(C=O)C(F)(F)F)cc1. The van der Waals surface area contributed by atoms with Crippen LogP contribution in [0.1, 0.15) is 17.0 Å². The molecule has 1 aromatic carbocycles. The second-order valence-corrected chi connectivity index (χ2v) is 3.39. The van der Waals surface area contributed by atoms with Gasteiger partial charge in [0.05, 0.1) is 0 Å². The summed E-state index contributed by atoms with van der Waals surface area (Å²) < 4.78 is 37.2. The van der Waals surface area contributed by atoms with E-state index < -0.39 is 12.1 Å². The van der Waals surface area contributed by atoms with Crippen LogP contribution in [0.4, 0.5) is 13.2 Å². The summed E-state index contributed by atoms with van der Waals surface area (Å²) in [5.41, 5.74) is 0.834. The van der Waals surface area contributed by atoms with E-state index in [1.807, 2.05) is 0 Å². The van der Waals surface area contributed by atoms with Crippen molar-refractivity contribution >= 4 is 6.29 Å². The number of carbonyl (C=O) groups excluding carboxylic acids is 1. The summed E-state index contributed by atoms with van der Waals surface area (Å²) in [6, 6.07) is 5.79. The first-order chi connectivity index (χ1) is 7.49. The molecule has 1 unspecified atom stereocenters. The van der Waals surface area contributed by atoms with E-state index in [0.717, 1.165) is 5.56 Å². The van der Waals surface area contributed by atoms with Crippen molar-refractivity contribution in [2.75, 3.05) is 0 Å². The lowest BCUT2D eigenvalue weighted by molar-refractivity contribution is -0.155. The summed E-state index contributed by atoms with van der Waals surface area (Å²) in [4.78, 5) is 10.4. The maximum atomic E-state index is 12.4. The highest BCUT2D eigenvalue weighted by molar-refractivity contribution is 5.63. The molecule has 0 saturated carbocycles. The van der Waals surface area contributed by atoms with E-state index in [9.17, 15) is 18.0 Å². The maximum absolute atomic E-state index is 12.4. The van der Waals surface area contributed by atoms with Crippen molar-refractivity contribution in [3.05, 3.63) is 48.0 Å². The van der Waals surface area contributed by atoms with Gasteiger partial charge in [0.15, 0.2) is 0 Å². The molecule has 0 aliphatic rings. The first-order valence-corrected chi connectivity index (χ1v) is 4.70. The van der Waals surface area contributed by atoms with E-state index in [1.165, 1.54) is 12.1 Å². The first-order valence-electron chi connectivity index (χ1n) is 4.70. The molecule has 0 radical (unpaired) electrons. The topological polar surface area (TPSA) is 17.1 Å². The van der Waals surface area contributed by atoms with E-state index in [-0.39, 0.29) is 11.8 Å². The van der Waals surface area contributed by atoms with Gasteiger partial charge in [-0.05, 0) is 17.5 Å². The van der Waals surface area contributed by atoms with E-state index in [1.54, 1.807) is 18.2 Å². The van der Waals surface area contributed by atoms with E-state index in [2.05, 4.69) is 6.58 Å². The zero-order valence-corrected chi connectivity index (χ0v) is 8.50. The lowest BCUT2D eigenvalue weighted by Gasteiger charge is -2.14. The van der Waals surface area contributed by atoms with Gasteiger partial charge in [0.2, 0.25) is 0 Å². The Morgan fingerprint density at radius 3 is 2.19 bits per heavy atom. The second kappa shape index (κ2) is 4.96. The Balaban J connectivity index is 2.95. The van der Waals surface area contributed by atoms with E-state index in [4.69, 9.17) is 0 Å². The van der Waals surface area contributed by atoms with Gasteiger partial charge in [0, 0.05) is 0 Å². The number of hydrogen-bond acceptors (Lipinski definition) is 1. The molecule has 0 N–H and O–H groups in total. The summed E-state index contributed by atoms with van der Waals surface area (Å²) in [7, 11) is 0. The normalized spacial score (nSPS) is 13.2. The highest BCUT2D eigenvalue weighted by Crippen LogP contribution is 2.33. The molecule has 0 heterocycles. The van der Waals surface area contributed by atoms with Gasteiger partial charge in [-0.2, -0.15) is 13.2 Å². The number of hydrogen-bond donors (Lipinski definition) is 0. The van der Waals surface area contributed by atoms with Crippen LogP contribution in [0.3, 0.4) is 0 Å². The lowest BCUT2D eigenvalue weighted by atomic mass is 9.98. The Hall–Kier alpha value is -1.58. The molecule has 0 aliphatic heterocycles. The minimum absolute atomic E-state index is 0.0321. The molecule has 1 aromatic rings. The van der Waals surface area contributed by atoms with Gasteiger partial charge in [-0.25, -0.2) is 0 Å². The van der Waals surface area contributed by atoms with Crippen LogP contribution in [-0.2, 0) is 11.2 Å². The predicted molar refractivity (Wildman–Crippen MR) is 55.2 cm³/mol. The van der Waals surface area contributed by atoms with Crippen LogP contribution in [0.25, 0.3) is 0 Å². The minimum Gasteiger partial charge on any atom is -0.302 e. The van der Waals surface area contributed by atoms with Crippen molar-refractivity contribution in [2.45, 2.75) is 18.5 Å².